The molecular weight excluding hydrogens is 364 g/mol. The zero-order valence-corrected chi connectivity index (χ0v) is 17.3. The van der Waals surface area contributed by atoms with Crippen LogP contribution < -0.4 is 5.32 Å². The van der Waals surface area contributed by atoms with Crippen molar-refractivity contribution < 1.29 is 5.11 Å². The lowest BCUT2D eigenvalue weighted by Crippen LogP contribution is -2.45. The number of aliphatic hydroxyl groups excluding tert-OH is 1. The smallest absolute Gasteiger partial charge is 0.154 e. The van der Waals surface area contributed by atoms with Gasteiger partial charge in [-0.25, -0.2) is 9.50 Å². The predicted octanol–water partition coefficient (Wildman–Crippen LogP) is 2.32. The van der Waals surface area contributed by atoms with Crippen molar-refractivity contribution in [3.8, 4) is 0 Å². The number of benzene rings is 1. The molecule has 1 aromatic carbocycles. The average Bonchev–Trinajstić information content (AvgIpc) is 3.09. The van der Waals surface area contributed by atoms with Crippen LogP contribution in [0.1, 0.15) is 29.7 Å². The normalized spacial score (nSPS) is 16.9. The van der Waals surface area contributed by atoms with Gasteiger partial charge in [-0.1, -0.05) is 37.3 Å². The zero-order chi connectivity index (χ0) is 20.2. The third-order valence-corrected chi connectivity index (χ3v) is 5.93. The van der Waals surface area contributed by atoms with E-state index in [1.807, 2.05) is 34.8 Å². The first-order valence-electron chi connectivity index (χ1n) is 10.4. The van der Waals surface area contributed by atoms with Crippen molar-refractivity contribution in [2.75, 3.05) is 44.6 Å². The summed E-state index contributed by atoms with van der Waals surface area (Å²) in [5.41, 5.74) is 4.48. The third kappa shape index (κ3) is 4.27. The first-order valence-corrected chi connectivity index (χ1v) is 10.4. The lowest BCUT2D eigenvalue weighted by molar-refractivity contribution is 0.132. The number of nitrogens with zero attached hydrogens (tertiary/aromatic N) is 5. The minimum Gasteiger partial charge on any atom is -0.394 e. The molecule has 1 aliphatic rings. The van der Waals surface area contributed by atoms with Gasteiger partial charge in [0.05, 0.1) is 12.6 Å². The van der Waals surface area contributed by atoms with Crippen molar-refractivity contribution in [1.29, 1.82) is 0 Å². The molecule has 0 bridgehead atoms. The summed E-state index contributed by atoms with van der Waals surface area (Å²) in [4.78, 5) is 9.49. The summed E-state index contributed by atoms with van der Waals surface area (Å²) in [6, 6.07) is 9.75. The maximum Gasteiger partial charge on any atom is 0.154 e. The average molecular weight is 395 g/mol. The number of aliphatic hydroxyl groups is 1. The molecule has 1 fully saturated rings. The number of anilines is 1. The van der Waals surface area contributed by atoms with Crippen LogP contribution in [0.5, 0.6) is 0 Å². The van der Waals surface area contributed by atoms with Crippen molar-refractivity contribution in [1.82, 2.24) is 24.4 Å². The van der Waals surface area contributed by atoms with Gasteiger partial charge in [0.25, 0.3) is 0 Å². The van der Waals surface area contributed by atoms with Gasteiger partial charge in [-0.15, -0.1) is 0 Å². The molecule has 2 N–H and O–H groups in total. The summed E-state index contributed by atoms with van der Waals surface area (Å²) in [5, 5.41) is 17.8. The maximum absolute atomic E-state index is 9.92. The summed E-state index contributed by atoms with van der Waals surface area (Å²) in [6.07, 6.45) is 3.68. The largest absolute Gasteiger partial charge is 0.394 e. The first-order chi connectivity index (χ1) is 14.2. The van der Waals surface area contributed by atoms with Gasteiger partial charge < -0.3 is 15.3 Å². The number of piperazine rings is 1. The number of likely N-dealkylation sites (N-methyl/N-ethyl adjacent to an activating group) is 1. The molecule has 7 nitrogen and oxygen atoms in total. The van der Waals surface area contributed by atoms with E-state index in [-0.39, 0.29) is 12.6 Å². The summed E-state index contributed by atoms with van der Waals surface area (Å²) < 4.78 is 1.90. The Hall–Kier alpha value is -2.48. The molecule has 7 heteroatoms. The minimum absolute atomic E-state index is 0.00546. The lowest BCUT2D eigenvalue weighted by atomic mass is 10.1. The van der Waals surface area contributed by atoms with Crippen LogP contribution in [0.25, 0.3) is 5.52 Å². The number of fused-ring (bicyclic) bond motifs is 1. The van der Waals surface area contributed by atoms with Gasteiger partial charge in [0.2, 0.25) is 0 Å². The summed E-state index contributed by atoms with van der Waals surface area (Å²) >= 11 is 0. The van der Waals surface area contributed by atoms with E-state index < -0.39 is 0 Å². The number of rotatable bonds is 7. The van der Waals surface area contributed by atoms with E-state index in [0.29, 0.717) is 0 Å². The molecule has 1 saturated heterocycles. The zero-order valence-electron chi connectivity index (χ0n) is 17.3. The molecule has 0 radical (unpaired) electrons. The van der Waals surface area contributed by atoms with Crippen molar-refractivity contribution in [2.45, 2.75) is 26.4 Å². The summed E-state index contributed by atoms with van der Waals surface area (Å²) in [5.74, 6) is 0.752. The Kier molecular flexibility index (Phi) is 6.08. The second-order valence-electron chi connectivity index (χ2n) is 7.68. The van der Waals surface area contributed by atoms with Crippen LogP contribution in [-0.4, -0.2) is 68.8 Å². The van der Waals surface area contributed by atoms with E-state index in [1.54, 1.807) is 6.33 Å². The Morgan fingerprint density at radius 2 is 1.83 bits per heavy atom. The Morgan fingerprint density at radius 1 is 1.10 bits per heavy atom. The lowest BCUT2D eigenvalue weighted by Gasteiger charge is -2.33. The van der Waals surface area contributed by atoms with E-state index in [9.17, 15) is 5.11 Å². The van der Waals surface area contributed by atoms with Gasteiger partial charge in [-0.3, -0.25) is 4.90 Å². The highest BCUT2D eigenvalue weighted by molar-refractivity contribution is 5.73. The highest BCUT2D eigenvalue weighted by atomic mass is 16.3. The van der Waals surface area contributed by atoms with Gasteiger partial charge in [0, 0.05) is 38.9 Å². The molecular formula is C22H30N6O. The van der Waals surface area contributed by atoms with E-state index in [1.165, 1.54) is 11.1 Å². The number of hydrogen-bond acceptors (Lipinski definition) is 6. The van der Waals surface area contributed by atoms with E-state index in [0.717, 1.165) is 56.2 Å². The van der Waals surface area contributed by atoms with Crippen molar-refractivity contribution in [3.05, 3.63) is 59.5 Å². The molecule has 1 atom stereocenters. The minimum atomic E-state index is -0.213. The van der Waals surface area contributed by atoms with Gasteiger partial charge in [0.15, 0.2) is 5.82 Å². The second-order valence-corrected chi connectivity index (χ2v) is 7.68. The van der Waals surface area contributed by atoms with Crippen LogP contribution >= 0.6 is 0 Å². The molecule has 0 saturated carbocycles. The van der Waals surface area contributed by atoms with Gasteiger partial charge in [0.1, 0.15) is 11.8 Å². The number of aryl methyl sites for hydroxylation is 1. The monoisotopic (exact) mass is 394 g/mol. The Bertz CT molecular complexity index is 933. The molecule has 29 heavy (non-hydrogen) atoms. The van der Waals surface area contributed by atoms with Crippen LogP contribution in [0.4, 0.5) is 5.82 Å². The highest BCUT2D eigenvalue weighted by Crippen LogP contribution is 2.27. The Labute approximate surface area is 172 Å². The number of aromatic nitrogens is 3. The highest BCUT2D eigenvalue weighted by Gasteiger charge is 2.20. The van der Waals surface area contributed by atoms with Crippen LogP contribution in [-0.2, 0) is 6.54 Å². The van der Waals surface area contributed by atoms with Crippen molar-refractivity contribution >= 4 is 11.3 Å². The molecule has 2 aromatic heterocycles. The molecule has 1 aliphatic heterocycles. The van der Waals surface area contributed by atoms with Crippen LogP contribution in [0.2, 0.25) is 0 Å². The number of nitrogens with one attached hydrogen (secondary N) is 1. The third-order valence-electron chi connectivity index (χ3n) is 5.93. The maximum atomic E-state index is 9.92. The molecule has 3 aromatic rings. The fourth-order valence-corrected chi connectivity index (χ4v) is 4.06. The topological polar surface area (TPSA) is 68.9 Å². The summed E-state index contributed by atoms with van der Waals surface area (Å²) in [7, 11) is 0. The van der Waals surface area contributed by atoms with Crippen molar-refractivity contribution in [2.24, 2.45) is 0 Å². The fourth-order valence-electron chi connectivity index (χ4n) is 4.06. The van der Waals surface area contributed by atoms with Gasteiger partial charge in [-0.2, -0.15) is 5.10 Å². The Balaban J connectivity index is 1.57. The molecule has 0 aliphatic carbocycles. The van der Waals surface area contributed by atoms with Gasteiger partial charge >= 0.3 is 0 Å². The quantitative estimate of drug-likeness (QED) is 0.641. The van der Waals surface area contributed by atoms with E-state index in [2.05, 4.69) is 45.2 Å². The van der Waals surface area contributed by atoms with E-state index in [4.69, 9.17) is 0 Å². The molecule has 1 unspecified atom stereocenters. The summed E-state index contributed by atoms with van der Waals surface area (Å²) in [6.45, 7) is 10.9. The van der Waals surface area contributed by atoms with E-state index >= 15 is 0 Å². The molecule has 4 rings (SSSR count). The second kappa shape index (κ2) is 8.90. The standard InChI is InChI=1S/C22H30N6O/c1-3-26-9-11-27(12-10-26)13-19-14-28-21(17(19)2)22(23-16-24-28)25-20(15-29)18-7-5-4-6-8-18/h4-8,14,16,20,29H,3,9-13,15H2,1-2H3,(H,23,24,25). The van der Waals surface area contributed by atoms with Gasteiger partial charge in [-0.05, 0) is 30.2 Å². The molecule has 0 spiro atoms. The fraction of sp³-hybridized carbons (Fsp3) is 0.455. The molecule has 0 amide bonds. The Morgan fingerprint density at radius 3 is 2.52 bits per heavy atom. The van der Waals surface area contributed by atoms with Crippen LogP contribution in [0.15, 0.2) is 42.9 Å². The van der Waals surface area contributed by atoms with Crippen molar-refractivity contribution in [3.63, 3.8) is 0 Å². The predicted molar refractivity (Wildman–Crippen MR) is 115 cm³/mol. The van der Waals surface area contributed by atoms with Crippen LogP contribution in [0, 0.1) is 6.92 Å². The first kappa shape index (κ1) is 19.8. The molecule has 154 valence electrons. The number of hydrogen-bond donors (Lipinski definition) is 2. The SMILES string of the molecule is CCN1CCN(Cc2cn3ncnc(NC(CO)c4ccccc4)c3c2C)CC1. The molecule has 3 heterocycles. The van der Waals surface area contributed by atoms with Crippen LogP contribution in [0.3, 0.4) is 0 Å².